The number of aryl methyl sites for hydroxylation is 2. The van der Waals surface area contributed by atoms with Gasteiger partial charge < -0.3 is 8.96 Å². The quantitative estimate of drug-likeness (QED) is 0.136. The zero-order chi connectivity index (χ0) is 44.7. The van der Waals surface area contributed by atoms with Gasteiger partial charge in [0.1, 0.15) is 33.3 Å². The Morgan fingerprint density at radius 1 is 0.455 bits per heavy atom. The van der Waals surface area contributed by atoms with Crippen molar-refractivity contribution < 1.29 is 0 Å². The van der Waals surface area contributed by atoms with E-state index in [4.69, 9.17) is 9.97 Å². The molecule has 0 amide bonds. The molecule has 0 bridgehead atoms. The van der Waals surface area contributed by atoms with Gasteiger partial charge in [0.15, 0.2) is 0 Å². The summed E-state index contributed by atoms with van der Waals surface area (Å²) in [6.07, 6.45) is 0. The Bertz CT molecular complexity index is 3580. The standard InChI is InChI=1S/C56H38B2N6S2/c1-37-21-15-16-30-43(37)52-51-50(53(44(35-59)55-61-46-31-17-19-33-48(46)65-55)64(52)58(41-26-11-5-12-27-41)42-28-13-6-14-29-42)38(2)63(57(39-22-7-3-8-23-39)40-24-9-4-10-25-40)54(51)45(36-60)56-62-47-32-18-20-34-49(47)66-56/h3-34H,1-2H3/b53-44-,54-45-. The Kier molecular flexibility index (Phi) is 10.6. The minimum atomic E-state index is -0.408. The summed E-state index contributed by atoms with van der Waals surface area (Å²) in [5.74, 6) is 0. The van der Waals surface area contributed by atoms with Gasteiger partial charge in [-0.3, -0.25) is 0 Å². The fourth-order valence-corrected chi connectivity index (χ4v) is 11.6. The molecule has 0 radical (unpaired) electrons. The van der Waals surface area contributed by atoms with Crippen molar-refractivity contribution in [2.75, 3.05) is 0 Å². The number of nitrogens with zero attached hydrogens (tertiary/aromatic N) is 6. The van der Waals surface area contributed by atoms with E-state index in [-0.39, 0.29) is 6.85 Å². The van der Waals surface area contributed by atoms with Gasteiger partial charge >= 0.3 is 13.7 Å². The molecule has 0 fully saturated rings. The molecule has 11 aromatic rings. The van der Waals surface area contributed by atoms with Crippen LogP contribution in [0.5, 0.6) is 0 Å². The maximum Gasteiger partial charge on any atom is 0.328 e. The average Bonchev–Trinajstić information content (AvgIpc) is 4.14. The van der Waals surface area contributed by atoms with E-state index in [1.54, 1.807) is 0 Å². The second kappa shape index (κ2) is 17.2. The van der Waals surface area contributed by atoms with Gasteiger partial charge in [-0.1, -0.05) is 192 Å². The Hall–Kier alpha value is -8.01. The van der Waals surface area contributed by atoms with Crippen molar-refractivity contribution in [2.24, 2.45) is 0 Å². The zero-order valence-corrected chi connectivity index (χ0v) is 37.8. The van der Waals surface area contributed by atoms with E-state index in [1.807, 2.05) is 60.7 Å². The summed E-state index contributed by atoms with van der Waals surface area (Å²) < 4.78 is 6.73. The van der Waals surface area contributed by atoms with E-state index < -0.39 is 6.85 Å². The molecule has 0 aliphatic carbocycles. The predicted molar refractivity (Wildman–Crippen MR) is 276 cm³/mol. The second-order valence-corrected chi connectivity index (χ2v) is 18.4. The fourth-order valence-electron chi connectivity index (χ4n) is 9.64. The molecule has 7 aromatic carbocycles. The third-order valence-corrected chi connectivity index (χ3v) is 14.6. The van der Waals surface area contributed by atoms with Gasteiger partial charge in [-0.15, -0.1) is 22.7 Å². The van der Waals surface area contributed by atoms with Crippen LogP contribution in [0.3, 0.4) is 0 Å². The molecule has 11 rings (SSSR count). The molecule has 4 aromatic heterocycles. The topological polar surface area (TPSA) is 83.2 Å². The SMILES string of the molecule is Cc1ccccc1-c1c2/c(=C(\C#N)c3nc4ccccc4s3)n(B(c3ccccc3)c3ccccc3)c(C)c2/c(=C(\C#N)c2nc3ccccc3s2)n1B(c1ccccc1)c1ccccc1. The van der Waals surface area contributed by atoms with Crippen LogP contribution in [0.25, 0.3) is 53.6 Å². The smallest absolute Gasteiger partial charge is 0.328 e. The van der Waals surface area contributed by atoms with Crippen LogP contribution in [0.2, 0.25) is 0 Å². The van der Waals surface area contributed by atoms with Crippen molar-refractivity contribution in [3.05, 3.63) is 226 Å². The molecule has 310 valence electrons. The summed E-state index contributed by atoms with van der Waals surface area (Å²) in [4.78, 5) is 10.4. The van der Waals surface area contributed by atoms with Crippen molar-refractivity contribution in [2.45, 2.75) is 13.8 Å². The summed E-state index contributed by atoms with van der Waals surface area (Å²) in [5, 5.41) is 28.2. The number of fused-ring (bicyclic) bond motifs is 3. The molecule has 0 aliphatic rings. The number of aromatic nitrogens is 4. The molecular formula is C56H38B2N6S2. The highest BCUT2D eigenvalue weighted by Crippen LogP contribution is 2.35. The fraction of sp³-hybridized carbons (Fsp3) is 0.0357. The maximum atomic E-state index is 11.8. The molecule has 0 aliphatic heterocycles. The van der Waals surface area contributed by atoms with Gasteiger partial charge in [-0.2, -0.15) is 10.5 Å². The highest BCUT2D eigenvalue weighted by molar-refractivity contribution is 7.20. The van der Waals surface area contributed by atoms with Crippen LogP contribution < -0.4 is 32.5 Å². The molecule has 6 nitrogen and oxygen atoms in total. The summed E-state index contributed by atoms with van der Waals surface area (Å²) in [5.41, 5.74) is 10.6. The van der Waals surface area contributed by atoms with Gasteiger partial charge in [0.25, 0.3) is 0 Å². The first kappa shape index (κ1) is 40.7. The number of nitriles is 2. The molecule has 0 N–H and O–H groups in total. The number of benzene rings is 7. The van der Waals surface area contributed by atoms with Gasteiger partial charge in [-0.25, -0.2) is 9.97 Å². The number of hydrogen-bond acceptors (Lipinski definition) is 6. The van der Waals surface area contributed by atoms with Crippen molar-refractivity contribution in [1.29, 1.82) is 10.5 Å². The lowest BCUT2D eigenvalue weighted by atomic mass is 9.50. The van der Waals surface area contributed by atoms with E-state index in [1.165, 1.54) is 22.7 Å². The Balaban J connectivity index is 1.47. The van der Waals surface area contributed by atoms with Crippen LogP contribution in [0.1, 0.15) is 21.3 Å². The molecule has 0 saturated heterocycles. The van der Waals surface area contributed by atoms with Crippen LogP contribution in [0.4, 0.5) is 0 Å². The van der Waals surface area contributed by atoms with Crippen LogP contribution in [-0.2, 0) is 0 Å². The van der Waals surface area contributed by atoms with Gasteiger partial charge in [-0.05, 0) is 43.7 Å². The maximum absolute atomic E-state index is 11.8. The minimum absolute atomic E-state index is 0.370. The Labute approximate surface area is 391 Å². The lowest BCUT2D eigenvalue weighted by Gasteiger charge is -2.24. The summed E-state index contributed by atoms with van der Waals surface area (Å²) in [7, 11) is 0. The first-order chi connectivity index (χ1) is 32.5. The molecular weight excluding hydrogens is 842 g/mol. The summed E-state index contributed by atoms with van der Waals surface area (Å²) in [6, 6.07) is 72.2. The van der Waals surface area contributed by atoms with Crippen LogP contribution >= 0.6 is 22.7 Å². The lowest BCUT2D eigenvalue weighted by molar-refractivity contribution is 1.07. The minimum Gasteiger partial charge on any atom is -0.378 e. The highest BCUT2D eigenvalue weighted by atomic mass is 32.1. The van der Waals surface area contributed by atoms with Crippen LogP contribution in [0.15, 0.2) is 194 Å². The molecule has 0 spiro atoms. The Morgan fingerprint density at radius 2 is 0.833 bits per heavy atom. The van der Waals surface area contributed by atoms with Crippen molar-refractivity contribution in [1.82, 2.24) is 18.9 Å². The van der Waals surface area contributed by atoms with E-state index >= 15 is 0 Å². The van der Waals surface area contributed by atoms with Crippen molar-refractivity contribution in [3.63, 3.8) is 0 Å². The number of hydrogen-bond donors (Lipinski definition) is 0. The number of para-hydroxylation sites is 2. The second-order valence-electron chi connectivity index (χ2n) is 16.3. The van der Waals surface area contributed by atoms with Gasteiger partial charge in [0, 0.05) is 27.7 Å². The van der Waals surface area contributed by atoms with Gasteiger partial charge in [0.05, 0.1) is 31.1 Å². The van der Waals surface area contributed by atoms with Crippen molar-refractivity contribution in [3.8, 4) is 23.4 Å². The zero-order valence-electron chi connectivity index (χ0n) is 36.1. The van der Waals surface area contributed by atoms with E-state index in [0.717, 1.165) is 86.3 Å². The summed E-state index contributed by atoms with van der Waals surface area (Å²) in [6.45, 7) is 3.52. The largest absolute Gasteiger partial charge is 0.378 e. The van der Waals surface area contributed by atoms with E-state index in [0.29, 0.717) is 21.2 Å². The predicted octanol–water partition coefficient (Wildman–Crippen LogP) is 8.70. The molecule has 10 heteroatoms. The molecule has 0 atom stereocenters. The third-order valence-electron chi connectivity index (χ3n) is 12.5. The van der Waals surface area contributed by atoms with E-state index in [9.17, 15) is 10.5 Å². The molecule has 0 saturated carbocycles. The third kappa shape index (κ3) is 6.87. The van der Waals surface area contributed by atoms with Crippen LogP contribution in [0, 0.1) is 36.5 Å². The first-order valence-corrected chi connectivity index (χ1v) is 23.5. The number of rotatable bonds is 9. The molecule has 66 heavy (non-hydrogen) atoms. The lowest BCUT2D eigenvalue weighted by Crippen LogP contribution is -2.54. The van der Waals surface area contributed by atoms with Crippen molar-refractivity contribution >= 4 is 101 Å². The normalized spacial score (nSPS) is 12.2. The molecule has 4 heterocycles. The molecule has 0 unspecified atom stereocenters. The first-order valence-electron chi connectivity index (χ1n) is 21.8. The summed E-state index contributed by atoms with van der Waals surface area (Å²) >= 11 is 3.05. The Morgan fingerprint density at radius 3 is 1.26 bits per heavy atom. The average molecular weight is 881 g/mol. The monoisotopic (exact) mass is 880 g/mol. The van der Waals surface area contributed by atoms with E-state index in [2.05, 4.69) is 168 Å². The van der Waals surface area contributed by atoms with Gasteiger partial charge in [0.2, 0.25) is 0 Å². The van der Waals surface area contributed by atoms with Crippen LogP contribution in [-0.4, -0.2) is 32.6 Å². The highest BCUT2D eigenvalue weighted by Gasteiger charge is 2.36. The number of thiazole rings is 2.